The molecule has 0 spiro atoms. The largest absolute Gasteiger partial charge is 0.363 e. The van der Waals surface area contributed by atoms with Crippen molar-refractivity contribution in [3.63, 3.8) is 0 Å². The van der Waals surface area contributed by atoms with Crippen LogP contribution in [0.4, 0.5) is 0 Å². The molecule has 19 heavy (non-hydrogen) atoms. The molecule has 1 amide bonds. The first-order valence-corrected chi connectivity index (χ1v) is 7.86. The second-order valence-electron chi connectivity index (χ2n) is 5.98. The quantitative estimate of drug-likeness (QED) is 0.752. The highest BCUT2D eigenvalue weighted by Gasteiger charge is 2.28. The monoisotopic (exact) mass is 268 g/mol. The Hall–Kier alpha value is -0.610. The lowest BCUT2D eigenvalue weighted by Gasteiger charge is -2.30. The zero-order valence-electron chi connectivity index (χ0n) is 12.1. The molecule has 0 bridgehead atoms. The second kappa shape index (κ2) is 7.85. The number of ether oxygens (including phenoxy) is 1. The Bertz CT molecular complexity index is 269. The van der Waals surface area contributed by atoms with Gasteiger partial charge in [0.1, 0.15) is 0 Å². The summed E-state index contributed by atoms with van der Waals surface area (Å²) in [5.41, 5.74) is 0. The normalized spacial score (nSPS) is 29.1. The fourth-order valence-corrected chi connectivity index (χ4v) is 3.26. The van der Waals surface area contributed by atoms with Gasteiger partial charge in [0.25, 0.3) is 0 Å². The van der Waals surface area contributed by atoms with Gasteiger partial charge in [-0.1, -0.05) is 19.3 Å². The van der Waals surface area contributed by atoms with Crippen molar-refractivity contribution in [1.82, 2.24) is 10.6 Å². The first-order chi connectivity index (χ1) is 9.29. The van der Waals surface area contributed by atoms with Crippen LogP contribution in [0.25, 0.3) is 0 Å². The molecule has 2 aliphatic carbocycles. The number of carbonyl (C=O) groups excluding carboxylic acids is 1. The summed E-state index contributed by atoms with van der Waals surface area (Å²) in [6, 6.07) is 0.444. The summed E-state index contributed by atoms with van der Waals surface area (Å²) in [6.07, 6.45) is 10.6. The maximum atomic E-state index is 12.2. The molecule has 0 atom stereocenters. The molecule has 0 unspecified atom stereocenters. The molecule has 0 aromatic carbocycles. The second-order valence-corrected chi connectivity index (χ2v) is 5.98. The number of nitrogens with one attached hydrogen (secondary N) is 2. The first-order valence-electron chi connectivity index (χ1n) is 7.86. The van der Waals surface area contributed by atoms with Crippen LogP contribution in [0.2, 0.25) is 0 Å². The van der Waals surface area contributed by atoms with Gasteiger partial charge in [0.2, 0.25) is 5.91 Å². The smallest absolute Gasteiger partial charge is 0.223 e. The Balaban J connectivity index is 1.67. The molecular weight excluding hydrogens is 240 g/mol. The van der Waals surface area contributed by atoms with Gasteiger partial charge in [-0.05, 0) is 45.6 Å². The predicted octanol–water partition coefficient (Wildman–Crippen LogP) is 2.19. The zero-order valence-corrected chi connectivity index (χ0v) is 12.1. The van der Waals surface area contributed by atoms with Crippen molar-refractivity contribution in [2.75, 3.05) is 13.8 Å². The third kappa shape index (κ3) is 4.77. The summed E-state index contributed by atoms with van der Waals surface area (Å²) in [4.78, 5) is 12.2. The average molecular weight is 268 g/mol. The van der Waals surface area contributed by atoms with Gasteiger partial charge in [-0.2, -0.15) is 0 Å². The standard InChI is InChI=1S/C15H28N2O2/c1-16-11-19-14-9-7-12(8-10-14)15(18)17-13-5-3-2-4-6-13/h12-14,16H,2-11H2,1H3,(H,17,18). The van der Waals surface area contributed by atoms with Gasteiger partial charge in [0.05, 0.1) is 12.8 Å². The Kier molecular flexibility index (Phi) is 6.11. The number of rotatable bonds is 5. The van der Waals surface area contributed by atoms with Crippen LogP contribution < -0.4 is 10.6 Å². The first kappa shape index (κ1) is 14.8. The molecule has 4 heteroatoms. The van der Waals surface area contributed by atoms with Gasteiger partial charge in [0.15, 0.2) is 0 Å². The highest BCUT2D eigenvalue weighted by Crippen LogP contribution is 2.27. The molecular formula is C15H28N2O2. The van der Waals surface area contributed by atoms with Gasteiger partial charge in [-0.3, -0.25) is 10.1 Å². The molecule has 0 aromatic rings. The van der Waals surface area contributed by atoms with Crippen molar-refractivity contribution in [3.8, 4) is 0 Å². The molecule has 2 aliphatic rings. The Morgan fingerprint density at radius 2 is 1.74 bits per heavy atom. The average Bonchev–Trinajstić information content (AvgIpc) is 2.46. The van der Waals surface area contributed by atoms with E-state index in [0.29, 0.717) is 24.8 Å². The summed E-state index contributed by atoms with van der Waals surface area (Å²) in [5, 5.41) is 6.26. The van der Waals surface area contributed by atoms with E-state index in [2.05, 4.69) is 10.6 Å². The summed E-state index contributed by atoms with van der Waals surface area (Å²) in [7, 11) is 1.89. The van der Waals surface area contributed by atoms with Crippen molar-refractivity contribution < 1.29 is 9.53 Å². The molecule has 2 rings (SSSR count). The fourth-order valence-electron chi connectivity index (χ4n) is 3.26. The van der Waals surface area contributed by atoms with E-state index in [0.717, 1.165) is 25.7 Å². The van der Waals surface area contributed by atoms with Gasteiger partial charge in [-0.25, -0.2) is 0 Å². The zero-order chi connectivity index (χ0) is 13.5. The SMILES string of the molecule is CNCOC1CCC(C(=O)NC2CCCCC2)CC1. The van der Waals surface area contributed by atoms with E-state index in [1.54, 1.807) is 0 Å². The molecule has 2 N–H and O–H groups in total. The molecule has 0 radical (unpaired) electrons. The minimum atomic E-state index is 0.219. The van der Waals surface area contributed by atoms with E-state index in [1.165, 1.54) is 32.1 Å². The highest BCUT2D eigenvalue weighted by atomic mass is 16.5. The van der Waals surface area contributed by atoms with Crippen molar-refractivity contribution in [2.45, 2.75) is 69.9 Å². The molecule has 0 aromatic heterocycles. The van der Waals surface area contributed by atoms with Crippen molar-refractivity contribution in [1.29, 1.82) is 0 Å². The van der Waals surface area contributed by atoms with Gasteiger partial charge >= 0.3 is 0 Å². The molecule has 0 heterocycles. The van der Waals surface area contributed by atoms with Crippen LogP contribution in [0.1, 0.15) is 57.8 Å². The molecule has 2 fully saturated rings. The highest BCUT2D eigenvalue weighted by molar-refractivity contribution is 5.79. The van der Waals surface area contributed by atoms with E-state index in [9.17, 15) is 4.79 Å². The van der Waals surface area contributed by atoms with Crippen LogP contribution in [0.15, 0.2) is 0 Å². The number of carbonyl (C=O) groups is 1. The molecule has 0 saturated heterocycles. The lowest BCUT2D eigenvalue weighted by molar-refractivity contribution is -0.128. The minimum Gasteiger partial charge on any atom is -0.363 e. The Morgan fingerprint density at radius 3 is 2.37 bits per heavy atom. The van der Waals surface area contributed by atoms with Crippen LogP contribution in [0, 0.1) is 5.92 Å². The lowest BCUT2D eigenvalue weighted by atomic mass is 9.86. The Labute approximate surface area is 116 Å². The van der Waals surface area contributed by atoms with E-state index < -0.39 is 0 Å². The van der Waals surface area contributed by atoms with E-state index in [1.807, 2.05) is 7.05 Å². The van der Waals surface area contributed by atoms with Gasteiger partial charge in [-0.15, -0.1) is 0 Å². The van der Waals surface area contributed by atoms with Crippen LogP contribution in [-0.4, -0.2) is 31.8 Å². The van der Waals surface area contributed by atoms with Crippen LogP contribution >= 0.6 is 0 Å². The Morgan fingerprint density at radius 1 is 1.05 bits per heavy atom. The predicted molar refractivity (Wildman–Crippen MR) is 75.8 cm³/mol. The number of amides is 1. The summed E-state index contributed by atoms with van der Waals surface area (Å²) in [6.45, 7) is 0.615. The summed E-state index contributed by atoms with van der Waals surface area (Å²) >= 11 is 0. The van der Waals surface area contributed by atoms with E-state index in [-0.39, 0.29) is 5.92 Å². The maximum absolute atomic E-state index is 12.2. The maximum Gasteiger partial charge on any atom is 0.223 e. The van der Waals surface area contributed by atoms with E-state index in [4.69, 9.17) is 4.74 Å². The molecule has 0 aliphatic heterocycles. The molecule has 2 saturated carbocycles. The van der Waals surface area contributed by atoms with Gasteiger partial charge < -0.3 is 10.1 Å². The van der Waals surface area contributed by atoms with E-state index >= 15 is 0 Å². The van der Waals surface area contributed by atoms with Crippen molar-refractivity contribution >= 4 is 5.91 Å². The van der Waals surface area contributed by atoms with Crippen LogP contribution in [0.3, 0.4) is 0 Å². The fraction of sp³-hybridized carbons (Fsp3) is 0.933. The molecule has 4 nitrogen and oxygen atoms in total. The third-order valence-corrected chi connectivity index (χ3v) is 4.46. The van der Waals surface area contributed by atoms with Crippen molar-refractivity contribution in [3.05, 3.63) is 0 Å². The third-order valence-electron chi connectivity index (χ3n) is 4.46. The summed E-state index contributed by atoms with van der Waals surface area (Å²) in [5.74, 6) is 0.510. The van der Waals surface area contributed by atoms with Gasteiger partial charge in [0, 0.05) is 12.0 Å². The van der Waals surface area contributed by atoms with Crippen LogP contribution in [0.5, 0.6) is 0 Å². The minimum absolute atomic E-state index is 0.219. The number of hydrogen-bond acceptors (Lipinski definition) is 3. The van der Waals surface area contributed by atoms with Crippen LogP contribution in [-0.2, 0) is 9.53 Å². The number of hydrogen-bond donors (Lipinski definition) is 2. The topological polar surface area (TPSA) is 50.4 Å². The van der Waals surface area contributed by atoms with Crippen molar-refractivity contribution in [2.24, 2.45) is 5.92 Å². The molecule has 110 valence electrons. The lowest BCUT2D eigenvalue weighted by Crippen LogP contribution is -2.41. The summed E-state index contributed by atoms with van der Waals surface area (Å²) < 4.78 is 5.67.